The maximum Gasteiger partial charge on any atom is 0.242 e. The van der Waals surface area contributed by atoms with Crippen LogP contribution in [-0.4, -0.2) is 63.8 Å². The summed E-state index contributed by atoms with van der Waals surface area (Å²) in [6.07, 6.45) is 0. The molecule has 1 aliphatic rings. The molecule has 9 heteroatoms. The fraction of sp³-hybridized carbons (Fsp3) is 0.500. The second-order valence-electron chi connectivity index (χ2n) is 5.24. The summed E-state index contributed by atoms with van der Waals surface area (Å²) in [6, 6.07) is 5.54. The van der Waals surface area contributed by atoms with Gasteiger partial charge in [-0.15, -0.1) is 24.0 Å². The van der Waals surface area contributed by atoms with Gasteiger partial charge in [0.25, 0.3) is 0 Å². The summed E-state index contributed by atoms with van der Waals surface area (Å²) in [7, 11) is 3.17. The molecule has 140 valence electrons. The smallest absolute Gasteiger partial charge is 0.242 e. The minimum atomic E-state index is -0.0115. The van der Waals surface area contributed by atoms with Crippen molar-refractivity contribution in [1.29, 1.82) is 0 Å². The zero-order chi connectivity index (χ0) is 17.4. The van der Waals surface area contributed by atoms with Gasteiger partial charge in [-0.1, -0.05) is 6.07 Å². The first kappa shape index (κ1) is 21.3. The topological polar surface area (TPSA) is 98.4 Å². The minimum Gasteiger partial charge on any atom is -0.493 e. The summed E-state index contributed by atoms with van der Waals surface area (Å²) >= 11 is 0. The minimum absolute atomic E-state index is 0. The lowest BCUT2D eigenvalue weighted by atomic mass is 10.2. The number of amides is 1. The molecule has 1 aromatic rings. The summed E-state index contributed by atoms with van der Waals surface area (Å²) in [5.74, 6) is 1.51. The zero-order valence-corrected chi connectivity index (χ0v) is 16.8. The van der Waals surface area contributed by atoms with Crippen LogP contribution in [0.5, 0.6) is 11.5 Å². The van der Waals surface area contributed by atoms with Crippen LogP contribution < -0.4 is 20.5 Å². The van der Waals surface area contributed by atoms with E-state index in [9.17, 15) is 4.79 Å². The van der Waals surface area contributed by atoms with E-state index in [-0.39, 0.29) is 42.4 Å². The van der Waals surface area contributed by atoms with Crippen LogP contribution in [0, 0.1) is 0 Å². The number of ether oxygens (including phenoxy) is 3. The molecule has 0 aromatic heterocycles. The van der Waals surface area contributed by atoms with Crippen LogP contribution in [0.1, 0.15) is 5.56 Å². The fourth-order valence-corrected chi connectivity index (χ4v) is 2.30. The van der Waals surface area contributed by atoms with E-state index in [1.54, 1.807) is 19.1 Å². The van der Waals surface area contributed by atoms with Gasteiger partial charge in [0.2, 0.25) is 5.91 Å². The third-order valence-corrected chi connectivity index (χ3v) is 3.66. The lowest BCUT2D eigenvalue weighted by molar-refractivity contribution is -0.134. The largest absolute Gasteiger partial charge is 0.493 e. The Labute approximate surface area is 164 Å². The number of nitrogens with zero attached hydrogens (tertiary/aromatic N) is 2. The number of guanidine groups is 1. The van der Waals surface area contributed by atoms with Crippen molar-refractivity contribution in [3.63, 3.8) is 0 Å². The van der Waals surface area contributed by atoms with Crippen LogP contribution in [0.2, 0.25) is 0 Å². The maximum atomic E-state index is 12.0. The number of aliphatic imine (C=N–C) groups is 1. The standard InChI is InChI=1S/C16H24N4O4.HI/c1-22-13-4-3-12(9-14(13)23-2)10-18-16(17)19-11-15(21)20-5-7-24-8-6-20;/h3-4,9H,5-8,10-11H2,1-2H3,(H3,17,18,19);1H. The lowest BCUT2D eigenvalue weighted by Gasteiger charge is -2.26. The van der Waals surface area contributed by atoms with E-state index < -0.39 is 0 Å². The zero-order valence-electron chi connectivity index (χ0n) is 14.5. The lowest BCUT2D eigenvalue weighted by Crippen LogP contribution is -2.46. The van der Waals surface area contributed by atoms with Gasteiger partial charge in [0.15, 0.2) is 17.5 Å². The van der Waals surface area contributed by atoms with Crippen LogP contribution in [0.15, 0.2) is 23.2 Å². The molecule has 1 aliphatic heterocycles. The third kappa shape index (κ3) is 6.58. The average molecular weight is 464 g/mol. The molecule has 0 unspecified atom stereocenters. The number of morpholine rings is 1. The second-order valence-corrected chi connectivity index (χ2v) is 5.24. The van der Waals surface area contributed by atoms with E-state index >= 15 is 0 Å². The van der Waals surface area contributed by atoms with Crippen molar-refractivity contribution >= 4 is 35.8 Å². The Balaban J connectivity index is 0.00000312. The van der Waals surface area contributed by atoms with Crippen LogP contribution >= 0.6 is 24.0 Å². The highest BCUT2D eigenvalue weighted by atomic mass is 127. The number of rotatable bonds is 6. The molecule has 0 spiro atoms. The molecule has 0 atom stereocenters. The summed E-state index contributed by atoms with van der Waals surface area (Å²) in [5, 5.41) is 2.84. The average Bonchev–Trinajstić information content (AvgIpc) is 2.64. The molecular weight excluding hydrogens is 439 g/mol. The molecule has 2 rings (SSSR count). The number of hydrogen-bond acceptors (Lipinski definition) is 5. The van der Waals surface area contributed by atoms with Crippen molar-refractivity contribution < 1.29 is 19.0 Å². The van der Waals surface area contributed by atoms with Gasteiger partial charge in [0.1, 0.15) is 0 Å². The number of nitrogens with two attached hydrogens (primary N) is 1. The molecule has 25 heavy (non-hydrogen) atoms. The summed E-state index contributed by atoms with van der Waals surface area (Å²) in [5.41, 5.74) is 6.74. The number of carbonyl (C=O) groups is 1. The van der Waals surface area contributed by atoms with E-state index in [1.807, 2.05) is 18.2 Å². The Morgan fingerprint density at radius 3 is 2.60 bits per heavy atom. The van der Waals surface area contributed by atoms with Crippen LogP contribution in [0.4, 0.5) is 0 Å². The second kappa shape index (κ2) is 11.0. The molecule has 0 saturated carbocycles. The Morgan fingerprint density at radius 2 is 1.96 bits per heavy atom. The van der Waals surface area contributed by atoms with Crippen molar-refractivity contribution in [3.05, 3.63) is 23.8 Å². The fourth-order valence-electron chi connectivity index (χ4n) is 2.30. The number of benzene rings is 1. The summed E-state index contributed by atoms with van der Waals surface area (Å²) in [6.45, 7) is 2.89. The molecule has 0 aliphatic carbocycles. The number of methoxy groups -OCH3 is 2. The van der Waals surface area contributed by atoms with Gasteiger partial charge in [0.05, 0.1) is 40.5 Å². The number of nitrogens with one attached hydrogen (secondary N) is 1. The predicted octanol–water partition coefficient (Wildman–Crippen LogP) is 0.585. The van der Waals surface area contributed by atoms with Gasteiger partial charge in [-0.25, -0.2) is 4.99 Å². The highest BCUT2D eigenvalue weighted by molar-refractivity contribution is 14.0. The van der Waals surface area contributed by atoms with E-state index in [1.165, 1.54) is 0 Å². The molecule has 1 fully saturated rings. The van der Waals surface area contributed by atoms with E-state index in [2.05, 4.69) is 10.3 Å². The molecule has 0 bridgehead atoms. The third-order valence-electron chi connectivity index (χ3n) is 3.66. The Kier molecular flexibility index (Phi) is 9.35. The van der Waals surface area contributed by atoms with Gasteiger partial charge in [-0.05, 0) is 17.7 Å². The molecule has 1 aromatic carbocycles. The number of carbonyl (C=O) groups excluding carboxylic acids is 1. The first-order valence-electron chi connectivity index (χ1n) is 7.74. The molecule has 1 heterocycles. The number of hydrogen-bond donors (Lipinski definition) is 2. The van der Waals surface area contributed by atoms with Gasteiger partial charge in [-0.2, -0.15) is 0 Å². The van der Waals surface area contributed by atoms with E-state index in [4.69, 9.17) is 19.9 Å². The summed E-state index contributed by atoms with van der Waals surface area (Å²) in [4.78, 5) is 18.0. The first-order chi connectivity index (χ1) is 11.6. The van der Waals surface area contributed by atoms with Crippen molar-refractivity contribution in [2.24, 2.45) is 10.7 Å². The monoisotopic (exact) mass is 464 g/mol. The highest BCUT2D eigenvalue weighted by Gasteiger charge is 2.16. The predicted molar refractivity (Wildman–Crippen MR) is 106 cm³/mol. The van der Waals surface area contributed by atoms with E-state index in [0.717, 1.165) is 5.56 Å². The molecular formula is C16H25IN4O4. The molecule has 8 nitrogen and oxygen atoms in total. The Bertz CT molecular complexity index is 591. The molecule has 0 radical (unpaired) electrons. The maximum absolute atomic E-state index is 12.0. The van der Waals surface area contributed by atoms with Gasteiger partial charge in [-0.3, -0.25) is 4.79 Å². The van der Waals surface area contributed by atoms with Crippen molar-refractivity contribution in [1.82, 2.24) is 10.2 Å². The van der Waals surface area contributed by atoms with Crippen LogP contribution in [0.3, 0.4) is 0 Å². The normalized spacial score (nSPS) is 14.5. The van der Waals surface area contributed by atoms with Crippen LogP contribution in [0.25, 0.3) is 0 Å². The van der Waals surface area contributed by atoms with Gasteiger partial charge in [0, 0.05) is 13.1 Å². The van der Waals surface area contributed by atoms with E-state index in [0.29, 0.717) is 44.3 Å². The highest BCUT2D eigenvalue weighted by Crippen LogP contribution is 2.27. The molecule has 3 N–H and O–H groups in total. The van der Waals surface area contributed by atoms with Gasteiger partial charge >= 0.3 is 0 Å². The van der Waals surface area contributed by atoms with Crippen molar-refractivity contribution in [2.75, 3.05) is 47.1 Å². The van der Waals surface area contributed by atoms with Crippen molar-refractivity contribution in [2.45, 2.75) is 6.54 Å². The number of halogens is 1. The SMILES string of the molecule is COc1ccc(CN=C(N)NCC(=O)N2CCOCC2)cc1OC.I. The molecule has 1 amide bonds. The van der Waals surface area contributed by atoms with Crippen molar-refractivity contribution in [3.8, 4) is 11.5 Å². The summed E-state index contributed by atoms with van der Waals surface area (Å²) < 4.78 is 15.7. The quantitative estimate of drug-likeness (QED) is 0.363. The van der Waals surface area contributed by atoms with Gasteiger partial charge < -0.3 is 30.2 Å². The Hall–Kier alpha value is -1.75. The Morgan fingerprint density at radius 1 is 1.28 bits per heavy atom. The first-order valence-corrected chi connectivity index (χ1v) is 7.74. The van der Waals surface area contributed by atoms with Crippen LogP contribution in [-0.2, 0) is 16.1 Å². The molecule has 1 saturated heterocycles.